The lowest BCUT2D eigenvalue weighted by molar-refractivity contribution is -0.128. The van der Waals surface area contributed by atoms with Crippen molar-refractivity contribution in [1.82, 2.24) is 20.1 Å². The van der Waals surface area contributed by atoms with Gasteiger partial charge >= 0.3 is 0 Å². The highest BCUT2D eigenvalue weighted by molar-refractivity contribution is 7.15. The number of benzene rings is 1. The van der Waals surface area contributed by atoms with Gasteiger partial charge in [-0.1, -0.05) is 36.8 Å². The molecule has 0 bridgehead atoms. The van der Waals surface area contributed by atoms with E-state index in [1.807, 2.05) is 20.0 Å². The Balaban J connectivity index is 1.36. The number of likely N-dealkylation sites (tertiary alicyclic amines) is 1. The van der Waals surface area contributed by atoms with Crippen LogP contribution in [0.4, 0.5) is 5.13 Å². The first kappa shape index (κ1) is 19.6. The Morgan fingerprint density at radius 3 is 2.97 bits per heavy atom. The van der Waals surface area contributed by atoms with Crippen LogP contribution in [0, 0.1) is 12.8 Å². The van der Waals surface area contributed by atoms with Gasteiger partial charge in [-0.25, -0.2) is 0 Å². The van der Waals surface area contributed by atoms with Crippen molar-refractivity contribution in [3.05, 3.63) is 40.5 Å². The topological polar surface area (TPSA) is 91.0 Å². The third kappa shape index (κ3) is 4.17. The van der Waals surface area contributed by atoms with E-state index < -0.39 is 0 Å². The van der Waals surface area contributed by atoms with Crippen LogP contribution < -0.4 is 5.32 Å². The summed E-state index contributed by atoms with van der Waals surface area (Å²) in [7, 11) is 0. The molecule has 0 saturated carbocycles. The number of nitrogens with one attached hydrogen (secondary N) is 2. The van der Waals surface area contributed by atoms with Gasteiger partial charge in [0.05, 0.1) is 5.92 Å². The predicted molar refractivity (Wildman–Crippen MR) is 114 cm³/mol. The molecule has 1 saturated heterocycles. The number of hydrogen-bond acceptors (Lipinski definition) is 5. The number of aromatic nitrogens is 3. The van der Waals surface area contributed by atoms with Gasteiger partial charge in [0.1, 0.15) is 5.01 Å². The van der Waals surface area contributed by atoms with Gasteiger partial charge in [0, 0.05) is 42.5 Å². The summed E-state index contributed by atoms with van der Waals surface area (Å²) in [5, 5.41) is 13.5. The molecule has 1 fully saturated rings. The second kappa shape index (κ2) is 7.94. The summed E-state index contributed by atoms with van der Waals surface area (Å²) in [4.78, 5) is 30.1. The van der Waals surface area contributed by atoms with Gasteiger partial charge in [-0.2, -0.15) is 0 Å². The molecule has 2 aromatic heterocycles. The van der Waals surface area contributed by atoms with E-state index in [-0.39, 0.29) is 30.1 Å². The Bertz CT molecular complexity index is 1050. The van der Waals surface area contributed by atoms with E-state index >= 15 is 0 Å². The summed E-state index contributed by atoms with van der Waals surface area (Å²) in [6.45, 7) is 7.20. The maximum atomic E-state index is 12.6. The average Bonchev–Trinajstić information content (AvgIpc) is 3.39. The molecule has 1 atom stereocenters. The minimum atomic E-state index is -0.348. The molecule has 1 unspecified atom stereocenters. The molecule has 2 N–H and O–H groups in total. The molecule has 7 nitrogen and oxygen atoms in total. The SMILES string of the molecule is Cc1ccc2[nH]cc(CCN3CC(C(=O)Nc4nnc(C(C)C)s4)CC3=O)c2c1. The van der Waals surface area contributed by atoms with Gasteiger partial charge in [0.25, 0.3) is 0 Å². The Morgan fingerprint density at radius 2 is 2.21 bits per heavy atom. The van der Waals surface area contributed by atoms with Gasteiger partial charge in [0.2, 0.25) is 16.9 Å². The fourth-order valence-electron chi connectivity index (χ4n) is 3.64. The zero-order chi connectivity index (χ0) is 20.5. The molecule has 1 aromatic carbocycles. The Kier molecular flexibility index (Phi) is 5.36. The number of aromatic amines is 1. The molecule has 0 radical (unpaired) electrons. The Labute approximate surface area is 173 Å². The van der Waals surface area contributed by atoms with Crippen molar-refractivity contribution in [2.75, 3.05) is 18.4 Å². The fourth-order valence-corrected chi connectivity index (χ4v) is 4.39. The first-order valence-electron chi connectivity index (χ1n) is 9.89. The van der Waals surface area contributed by atoms with Gasteiger partial charge in [-0.15, -0.1) is 10.2 Å². The van der Waals surface area contributed by atoms with E-state index in [4.69, 9.17) is 0 Å². The smallest absolute Gasteiger partial charge is 0.231 e. The number of carbonyl (C=O) groups excluding carboxylic acids is 2. The summed E-state index contributed by atoms with van der Waals surface area (Å²) in [6.07, 6.45) is 3.02. The number of hydrogen-bond donors (Lipinski definition) is 2. The molecule has 3 heterocycles. The van der Waals surface area contributed by atoms with Crippen molar-refractivity contribution in [3.63, 3.8) is 0 Å². The van der Waals surface area contributed by atoms with E-state index in [2.05, 4.69) is 45.6 Å². The number of carbonyl (C=O) groups is 2. The number of rotatable bonds is 6. The van der Waals surface area contributed by atoms with Crippen LogP contribution in [0.3, 0.4) is 0 Å². The minimum Gasteiger partial charge on any atom is -0.361 e. The summed E-state index contributed by atoms with van der Waals surface area (Å²) in [5.41, 5.74) is 3.51. The quantitative estimate of drug-likeness (QED) is 0.650. The monoisotopic (exact) mass is 411 g/mol. The van der Waals surface area contributed by atoms with Gasteiger partial charge < -0.3 is 15.2 Å². The molecular weight excluding hydrogens is 386 g/mol. The first-order valence-corrected chi connectivity index (χ1v) is 10.7. The highest BCUT2D eigenvalue weighted by Gasteiger charge is 2.34. The molecule has 152 valence electrons. The number of aryl methyl sites for hydroxylation is 1. The summed E-state index contributed by atoms with van der Waals surface area (Å²) in [6, 6.07) is 6.32. The Hall–Kier alpha value is -2.74. The second-order valence-corrected chi connectivity index (χ2v) is 8.95. The van der Waals surface area contributed by atoms with Crippen molar-refractivity contribution in [2.45, 2.75) is 39.5 Å². The maximum Gasteiger partial charge on any atom is 0.231 e. The number of H-pyrrole nitrogens is 1. The number of amides is 2. The zero-order valence-electron chi connectivity index (χ0n) is 16.9. The average molecular weight is 412 g/mol. The third-order valence-electron chi connectivity index (χ3n) is 5.32. The Morgan fingerprint density at radius 1 is 1.38 bits per heavy atom. The standard InChI is InChI=1S/C21H25N5O2S/c1-12(2)20-24-25-21(29-20)23-19(28)15-9-18(27)26(11-15)7-6-14-10-22-17-5-4-13(3)8-16(14)17/h4-5,8,10,12,15,22H,6-7,9,11H2,1-3H3,(H,23,25,28). The molecular formula is C21H25N5O2S. The van der Waals surface area contributed by atoms with Crippen LogP contribution in [0.15, 0.2) is 24.4 Å². The molecule has 0 aliphatic carbocycles. The van der Waals surface area contributed by atoms with E-state index in [9.17, 15) is 9.59 Å². The van der Waals surface area contributed by atoms with Crippen molar-refractivity contribution < 1.29 is 9.59 Å². The van der Waals surface area contributed by atoms with Crippen LogP contribution in [0.1, 0.15) is 42.3 Å². The van der Waals surface area contributed by atoms with Crippen molar-refractivity contribution in [1.29, 1.82) is 0 Å². The van der Waals surface area contributed by atoms with E-state index in [1.54, 1.807) is 4.90 Å². The summed E-state index contributed by atoms with van der Waals surface area (Å²) >= 11 is 1.38. The van der Waals surface area contributed by atoms with Crippen LogP contribution in [0.2, 0.25) is 0 Å². The maximum absolute atomic E-state index is 12.6. The van der Waals surface area contributed by atoms with Crippen molar-refractivity contribution >= 4 is 39.2 Å². The van der Waals surface area contributed by atoms with Gasteiger partial charge in [-0.3, -0.25) is 9.59 Å². The molecule has 8 heteroatoms. The van der Waals surface area contributed by atoms with Crippen LogP contribution in [0.5, 0.6) is 0 Å². The molecule has 4 rings (SSSR count). The van der Waals surface area contributed by atoms with Crippen LogP contribution in [0.25, 0.3) is 10.9 Å². The van der Waals surface area contributed by atoms with E-state index in [0.29, 0.717) is 18.2 Å². The molecule has 3 aromatic rings. The molecule has 29 heavy (non-hydrogen) atoms. The zero-order valence-corrected chi connectivity index (χ0v) is 17.7. The highest BCUT2D eigenvalue weighted by Crippen LogP contribution is 2.26. The third-order valence-corrected chi connectivity index (χ3v) is 6.46. The lowest BCUT2D eigenvalue weighted by Gasteiger charge is -2.16. The largest absolute Gasteiger partial charge is 0.361 e. The lowest BCUT2D eigenvalue weighted by atomic mass is 10.1. The van der Waals surface area contributed by atoms with Gasteiger partial charge in [0.15, 0.2) is 0 Å². The number of anilines is 1. The summed E-state index contributed by atoms with van der Waals surface area (Å²) < 4.78 is 0. The van der Waals surface area contributed by atoms with E-state index in [0.717, 1.165) is 16.9 Å². The minimum absolute atomic E-state index is 0.0290. The van der Waals surface area contributed by atoms with Gasteiger partial charge in [-0.05, 0) is 31.0 Å². The highest BCUT2D eigenvalue weighted by atomic mass is 32.1. The van der Waals surface area contributed by atoms with Crippen LogP contribution in [-0.4, -0.2) is 45.0 Å². The number of fused-ring (bicyclic) bond motifs is 1. The molecule has 2 amide bonds. The van der Waals surface area contributed by atoms with Crippen LogP contribution in [-0.2, 0) is 16.0 Å². The van der Waals surface area contributed by atoms with Crippen LogP contribution >= 0.6 is 11.3 Å². The molecule has 0 spiro atoms. The van der Waals surface area contributed by atoms with Crippen molar-refractivity contribution in [3.8, 4) is 0 Å². The number of nitrogens with zero attached hydrogens (tertiary/aromatic N) is 3. The normalized spacial score (nSPS) is 16.9. The first-order chi connectivity index (χ1) is 13.9. The summed E-state index contributed by atoms with van der Waals surface area (Å²) in [5.74, 6) is -0.203. The lowest BCUT2D eigenvalue weighted by Crippen LogP contribution is -2.30. The predicted octanol–water partition coefficient (Wildman–Crippen LogP) is 3.48. The fraction of sp³-hybridized carbons (Fsp3) is 0.429. The second-order valence-electron chi connectivity index (χ2n) is 7.94. The van der Waals surface area contributed by atoms with Crippen molar-refractivity contribution in [2.24, 2.45) is 5.92 Å². The molecule has 1 aliphatic heterocycles. The van der Waals surface area contributed by atoms with E-state index in [1.165, 1.54) is 27.8 Å². The molecule has 1 aliphatic rings.